The second-order valence-corrected chi connectivity index (χ2v) is 6.35. The molecule has 27 heavy (non-hydrogen) atoms. The number of benzene rings is 1. The van der Waals surface area contributed by atoms with Crippen LogP contribution in [0.2, 0.25) is 0 Å². The first-order chi connectivity index (χ1) is 13.1. The summed E-state index contributed by atoms with van der Waals surface area (Å²) in [4.78, 5) is 15.0. The maximum atomic E-state index is 14.0. The normalized spacial score (nSPS) is 17.1. The van der Waals surface area contributed by atoms with Crippen molar-refractivity contribution in [3.05, 3.63) is 24.0 Å². The van der Waals surface area contributed by atoms with Gasteiger partial charge in [0.15, 0.2) is 11.6 Å². The van der Waals surface area contributed by atoms with Crippen LogP contribution >= 0.6 is 0 Å². The first-order valence-electron chi connectivity index (χ1n) is 9.28. The van der Waals surface area contributed by atoms with E-state index in [0.29, 0.717) is 24.3 Å². The van der Waals surface area contributed by atoms with Gasteiger partial charge in [-0.15, -0.1) is 0 Å². The van der Waals surface area contributed by atoms with E-state index in [1.165, 1.54) is 12.5 Å². The molecule has 0 spiro atoms. The van der Waals surface area contributed by atoms with Crippen molar-refractivity contribution in [3.8, 4) is 5.75 Å². The minimum Gasteiger partial charge on any atom is -0.491 e. The topological polar surface area (TPSA) is 101 Å². The molecule has 1 unspecified atom stereocenters. The third kappa shape index (κ3) is 4.94. The highest BCUT2D eigenvalue weighted by atomic mass is 19.1. The van der Waals surface area contributed by atoms with E-state index in [1.54, 1.807) is 19.1 Å². The molecule has 8 nitrogen and oxygen atoms in total. The number of nitrogens with two attached hydrogens (primary N) is 1. The number of aromatic nitrogens is 3. The predicted octanol–water partition coefficient (Wildman–Crippen LogP) is 2.63. The van der Waals surface area contributed by atoms with E-state index in [2.05, 4.69) is 37.4 Å². The third-order valence-electron chi connectivity index (χ3n) is 4.54. The fraction of sp³-hybridized carbons (Fsp3) is 0.500. The molecular formula is C18H26FN7O. The second-order valence-electron chi connectivity index (χ2n) is 6.35. The van der Waals surface area contributed by atoms with E-state index >= 15 is 0 Å². The molecule has 1 saturated heterocycles. The Labute approximate surface area is 158 Å². The Morgan fingerprint density at radius 1 is 1.26 bits per heavy atom. The number of likely N-dealkylation sites (N-methyl/N-ethyl adjacent to an activating group) is 1. The number of hydrogen-bond acceptors (Lipinski definition) is 8. The number of halogens is 1. The molecule has 0 amide bonds. The lowest BCUT2D eigenvalue weighted by Gasteiger charge is -2.22. The van der Waals surface area contributed by atoms with Crippen molar-refractivity contribution in [3.63, 3.8) is 0 Å². The van der Waals surface area contributed by atoms with Crippen molar-refractivity contribution >= 4 is 23.5 Å². The van der Waals surface area contributed by atoms with E-state index in [9.17, 15) is 4.39 Å². The van der Waals surface area contributed by atoms with Crippen LogP contribution in [0, 0.1) is 5.82 Å². The molecule has 2 heterocycles. The Kier molecular flexibility index (Phi) is 6.23. The van der Waals surface area contributed by atoms with Gasteiger partial charge < -0.3 is 21.1 Å². The summed E-state index contributed by atoms with van der Waals surface area (Å²) in [5, 5.41) is 6.19. The molecule has 0 bridgehead atoms. The monoisotopic (exact) mass is 375 g/mol. The summed E-state index contributed by atoms with van der Waals surface area (Å²) < 4.78 is 19.2. The summed E-state index contributed by atoms with van der Waals surface area (Å²) in [6, 6.07) is 5.04. The summed E-state index contributed by atoms with van der Waals surface area (Å²) in [5.74, 6) is 0.507. The fourth-order valence-electron chi connectivity index (χ4n) is 3.26. The molecule has 1 aliphatic rings. The molecule has 1 aromatic heterocycles. The summed E-state index contributed by atoms with van der Waals surface area (Å²) in [5.41, 5.74) is 6.30. The van der Waals surface area contributed by atoms with Gasteiger partial charge in [-0.1, -0.05) is 6.92 Å². The maximum absolute atomic E-state index is 14.0. The van der Waals surface area contributed by atoms with Crippen molar-refractivity contribution in [2.75, 3.05) is 42.6 Å². The average molecular weight is 375 g/mol. The van der Waals surface area contributed by atoms with Crippen LogP contribution in [0.3, 0.4) is 0 Å². The molecule has 1 aromatic carbocycles. The first kappa shape index (κ1) is 19.1. The fourth-order valence-corrected chi connectivity index (χ4v) is 3.26. The molecule has 9 heteroatoms. The van der Waals surface area contributed by atoms with Gasteiger partial charge in [0.2, 0.25) is 17.8 Å². The number of nitrogen functional groups attached to an aromatic ring is 1. The van der Waals surface area contributed by atoms with Crippen molar-refractivity contribution in [1.29, 1.82) is 0 Å². The zero-order valence-corrected chi connectivity index (χ0v) is 15.7. The highest BCUT2D eigenvalue weighted by Gasteiger charge is 2.22. The van der Waals surface area contributed by atoms with E-state index in [-0.39, 0.29) is 17.6 Å². The zero-order chi connectivity index (χ0) is 19.2. The van der Waals surface area contributed by atoms with Crippen molar-refractivity contribution in [2.45, 2.75) is 32.7 Å². The average Bonchev–Trinajstić information content (AvgIpc) is 3.09. The van der Waals surface area contributed by atoms with Crippen molar-refractivity contribution in [1.82, 2.24) is 19.9 Å². The summed E-state index contributed by atoms with van der Waals surface area (Å²) in [6.07, 6.45) is 2.35. The molecule has 0 saturated carbocycles. The van der Waals surface area contributed by atoms with Crippen LogP contribution < -0.4 is 21.1 Å². The lowest BCUT2D eigenvalue weighted by Crippen LogP contribution is -2.35. The van der Waals surface area contributed by atoms with Crippen LogP contribution in [0.5, 0.6) is 5.75 Å². The van der Waals surface area contributed by atoms with Crippen LogP contribution in [0.4, 0.5) is 27.9 Å². The van der Waals surface area contributed by atoms with Crippen LogP contribution in [0.1, 0.15) is 26.7 Å². The minimum absolute atomic E-state index is 0.0974. The number of rotatable bonds is 8. The molecule has 1 fully saturated rings. The Morgan fingerprint density at radius 2 is 2.07 bits per heavy atom. The van der Waals surface area contributed by atoms with Gasteiger partial charge in [-0.2, -0.15) is 15.0 Å². The number of ether oxygens (including phenoxy) is 1. The van der Waals surface area contributed by atoms with Crippen molar-refractivity contribution < 1.29 is 9.13 Å². The third-order valence-corrected chi connectivity index (χ3v) is 4.54. The molecule has 4 N–H and O–H groups in total. The number of anilines is 4. The molecule has 0 radical (unpaired) electrons. The Morgan fingerprint density at radius 3 is 2.81 bits per heavy atom. The van der Waals surface area contributed by atoms with Gasteiger partial charge in [-0.25, -0.2) is 4.39 Å². The SMILES string of the molecule is CCOc1ccc(Nc2nc(N)nc(NCC3CCCN3CC)n2)cc1F. The number of nitrogens with one attached hydrogen (secondary N) is 2. The standard InChI is InChI=1S/C18H26FN7O/c1-3-26-9-5-6-13(26)11-21-17-23-16(20)24-18(25-17)22-12-7-8-15(27-4-2)14(19)10-12/h7-8,10,13H,3-6,9,11H2,1-2H3,(H4,20,21,22,23,24,25). The lowest BCUT2D eigenvalue weighted by atomic mass is 10.2. The first-order valence-corrected chi connectivity index (χ1v) is 9.28. The maximum Gasteiger partial charge on any atom is 0.233 e. The lowest BCUT2D eigenvalue weighted by molar-refractivity contribution is 0.277. The van der Waals surface area contributed by atoms with Gasteiger partial charge in [0.05, 0.1) is 6.61 Å². The van der Waals surface area contributed by atoms with Crippen molar-refractivity contribution in [2.24, 2.45) is 0 Å². The van der Waals surface area contributed by atoms with E-state index in [1.807, 2.05) is 0 Å². The van der Waals surface area contributed by atoms with Gasteiger partial charge in [0.25, 0.3) is 0 Å². The van der Waals surface area contributed by atoms with Gasteiger partial charge in [-0.05, 0) is 45.0 Å². The minimum atomic E-state index is -0.455. The molecule has 146 valence electrons. The quantitative estimate of drug-likeness (QED) is 0.647. The molecule has 0 aliphatic carbocycles. The number of hydrogen-bond donors (Lipinski definition) is 3. The molecule has 2 aromatic rings. The van der Waals surface area contributed by atoms with Gasteiger partial charge in [0.1, 0.15) is 0 Å². The molecule has 3 rings (SSSR count). The summed E-state index contributed by atoms with van der Waals surface area (Å²) in [7, 11) is 0. The highest BCUT2D eigenvalue weighted by molar-refractivity contribution is 5.56. The Balaban J connectivity index is 1.67. The summed E-state index contributed by atoms with van der Waals surface area (Å²) in [6.45, 7) is 7.27. The van der Waals surface area contributed by atoms with Gasteiger partial charge in [0, 0.05) is 24.3 Å². The highest BCUT2D eigenvalue weighted by Crippen LogP contribution is 2.23. The number of nitrogens with zero attached hydrogens (tertiary/aromatic N) is 4. The van der Waals surface area contributed by atoms with Crippen LogP contribution in [0.15, 0.2) is 18.2 Å². The van der Waals surface area contributed by atoms with E-state index in [0.717, 1.165) is 26.1 Å². The molecule has 1 atom stereocenters. The molecular weight excluding hydrogens is 349 g/mol. The number of likely N-dealkylation sites (tertiary alicyclic amines) is 1. The van der Waals surface area contributed by atoms with Gasteiger partial charge in [-0.3, -0.25) is 4.90 Å². The van der Waals surface area contributed by atoms with Crippen LogP contribution in [0.25, 0.3) is 0 Å². The van der Waals surface area contributed by atoms with Crippen LogP contribution in [-0.4, -0.2) is 52.1 Å². The van der Waals surface area contributed by atoms with E-state index < -0.39 is 5.82 Å². The van der Waals surface area contributed by atoms with Crippen LogP contribution in [-0.2, 0) is 0 Å². The van der Waals surface area contributed by atoms with Gasteiger partial charge >= 0.3 is 0 Å². The second kappa shape index (κ2) is 8.81. The predicted molar refractivity (Wildman–Crippen MR) is 104 cm³/mol. The largest absolute Gasteiger partial charge is 0.491 e. The Bertz CT molecular complexity index is 773. The Hall–Kier alpha value is -2.68. The zero-order valence-electron chi connectivity index (χ0n) is 15.7. The smallest absolute Gasteiger partial charge is 0.233 e. The van der Waals surface area contributed by atoms with E-state index in [4.69, 9.17) is 10.5 Å². The molecule has 1 aliphatic heterocycles. The summed E-state index contributed by atoms with van der Waals surface area (Å²) >= 11 is 0.